The summed E-state index contributed by atoms with van der Waals surface area (Å²) in [5, 5.41) is 14.7. The summed E-state index contributed by atoms with van der Waals surface area (Å²) in [5.41, 5.74) is 0.165. The molecule has 0 saturated carbocycles. The van der Waals surface area contributed by atoms with E-state index in [4.69, 9.17) is 4.74 Å². The minimum Gasteiger partial charge on any atom is -0.465 e. The first-order chi connectivity index (χ1) is 13.3. The van der Waals surface area contributed by atoms with Crippen LogP contribution in [0.15, 0.2) is 24.3 Å². The van der Waals surface area contributed by atoms with Crippen LogP contribution >= 0.6 is 0 Å². The highest BCUT2D eigenvalue weighted by molar-refractivity contribution is 5.99. The standard InChI is InChI=1S/C19H23N3O6/c1-11(23)28-16-5-3-2-4-15(16)18(25)20-10-17(24)21-12-8-13-6-7-14(9-12)22(13)19(26)27/h2-5,12-14H,6-10H2,1H3,(H,20,25)(H,21,24)(H,26,27)/t12?,13-,14+. The number of amides is 3. The first-order valence-electron chi connectivity index (χ1n) is 9.21. The minimum atomic E-state index is -0.906. The lowest BCUT2D eigenvalue weighted by molar-refractivity contribution is -0.132. The van der Waals surface area contributed by atoms with Crippen LogP contribution in [0.25, 0.3) is 0 Å². The van der Waals surface area contributed by atoms with Gasteiger partial charge in [-0.1, -0.05) is 12.1 Å². The molecular weight excluding hydrogens is 366 g/mol. The molecule has 2 aliphatic heterocycles. The van der Waals surface area contributed by atoms with Crippen molar-refractivity contribution in [3.05, 3.63) is 29.8 Å². The van der Waals surface area contributed by atoms with E-state index >= 15 is 0 Å². The number of carbonyl (C=O) groups excluding carboxylic acids is 3. The quantitative estimate of drug-likeness (QED) is 0.512. The summed E-state index contributed by atoms with van der Waals surface area (Å²) >= 11 is 0. The van der Waals surface area contributed by atoms with Crippen LogP contribution in [-0.2, 0) is 9.59 Å². The Bertz CT molecular complexity index is 782. The van der Waals surface area contributed by atoms with Crippen molar-refractivity contribution in [2.24, 2.45) is 0 Å². The van der Waals surface area contributed by atoms with Gasteiger partial charge in [-0.15, -0.1) is 0 Å². The van der Waals surface area contributed by atoms with Crippen LogP contribution in [0.5, 0.6) is 5.75 Å². The second kappa shape index (κ2) is 8.28. The lowest BCUT2D eigenvalue weighted by Crippen LogP contribution is -2.53. The molecular formula is C19H23N3O6. The van der Waals surface area contributed by atoms with Crippen LogP contribution in [-0.4, -0.2) is 58.6 Å². The van der Waals surface area contributed by atoms with Gasteiger partial charge in [0.15, 0.2) is 0 Å². The van der Waals surface area contributed by atoms with Crippen LogP contribution in [0.2, 0.25) is 0 Å². The van der Waals surface area contributed by atoms with Crippen molar-refractivity contribution in [2.75, 3.05) is 6.54 Å². The van der Waals surface area contributed by atoms with Crippen molar-refractivity contribution in [1.29, 1.82) is 0 Å². The van der Waals surface area contributed by atoms with Gasteiger partial charge < -0.3 is 25.4 Å². The van der Waals surface area contributed by atoms with Gasteiger partial charge in [0.25, 0.3) is 5.91 Å². The molecule has 150 valence electrons. The van der Waals surface area contributed by atoms with Gasteiger partial charge in [-0.3, -0.25) is 14.4 Å². The molecule has 2 aliphatic rings. The summed E-state index contributed by atoms with van der Waals surface area (Å²) in [7, 11) is 0. The van der Waals surface area contributed by atoms with E-state index in [1.54, 1.807) is 12.1 Å². The summed E-state index contributed by atoms with van der Waals surface area (Å²) in [4.78, 5) is 48.5. The van der Waals surface area contributed by atoms with E-state index in [2.05, 4.69) is 10.6 Å². The van der Waals surface area contributed by atoms with E-state index in [0.717, 1.165) is 12.8 Å². The maximum Gasteiger partial charge on any atom is 0.407 e. The second-order valence-corrected chi connectivity index (χ2v) is 7.08. The van der Waals surface area contributed by atoms with Crippen LogP contribution in [0.4, 0.5) is 4.79 Å². The first-order valence-corrected chi connectivity index (χ1v) is 9.21. The molecule has 3 N–H and O–H groups in total. The van der Waals surface area contributed by atoms with Crippen molar-refractivity contribution in [2.45, 2.75) is 50.7 Å². The van der Waals surface area contributed by atoms with Crippen molar-refractivity contribution < 1.29 is 29.0 Å². The van der Waals surface area contributed by atoms with Crippen molar-refractivity contribution >= 4 is 23.9 Å². The fraction of sp³-hybridized carbons (Fsp3) is 0.474. The Morgan fingerprint density at radius 2 is 1.79 bits per heavy atom. The van der Waals surface area contributed by atoms with Gasteiger partial charge in [-0.25, -0.2) is 4.79 Å². The van der Waals surface area contributed by atoms with Crippen molar-refractivity contribution in [1.82, 2.24) is 15.5 Å². The number of benzene rings is 1. The number of carbonyl (C=O) groups is 4. The topological polar surface area (TPSA) is 125 Å². The second-order valence-electron chi connectivity index (χ2n) is 7.08. The summed E-state index contributed by atoms with van der Waals surface area (Å²) in [6, 6.07) is 6.05. The zero-order valence-corrected chi connectivity index (χ0v) is 15.5. The lowest BCUT2D eigenvalue weighted by Gasteiger charge is -2.37. The number of hydrogen-bond acceptors (Lipinski definition) is 5. The number of nitrogens with one attached hydrogen (secondary N) is 2. The molecule has 2 fully saturated rings. The number of hydrogen-bond donors (Lipinski definition) is 3. The Balaban J connectivity index is 1.51. The van der Waals surface area contributed by atoms with Gasteiger partial charge in [-0.05, 0) is 37.8 Å². The van der Waals surface area contributed by atoms with E-state index in [0.29, 0.717) is 12.8 Å². The van der Waals surface area contributed by atoms with Crippen LogP contribution in [0, 0.1) is 0 Å². The maximum atomic E-state index is 12.3. The number of rotatable bonds is 5. The average molecular weight is 389 g/mol. The Morgan fingerprint density at radius 3 is 2.39 bits per heavy atom. The van der Waals surface area contributed by atoms with Crippen LogP contribution in [0.1, 0.15) is 43.0 Å². The molecule has 0 radical (unpaired) electrons. The first kappa shape index (κ1) is 19.7. The number of ether oxygens (including phenoxy) is 1. The van der Waals surface area contributed by atoms with Gasteiger partial charge in [-0.2, -0.15) is 0 Å². The Kier molecular flexibility index (Phi) is 5.81. The molecule has 3 rings (SSSR count). The minimum absolute atomic E-state index is 0.0632. The highest BCUT2D eigenvalue weighted by atomic mass is 16.5. The van der Waals surface area contributed by atoms with E-state index in [1.165, 1.54) is 24.0 Å². The van der Waals surface area contributed by atoms with Gasteiger partial charge in [0, 0.05) is 25.0 Å². The van der Waals surface area contributed by atoms with Gasteiger partial charge in [0.1, 0.15) is 5.75 Å². The van der Waals surface area contributed by atoms with Gasteiger partial charge in [0.05, 0.1) is 12.1 Å². The molecule has 9 nitrogen and oxygen atoms in total. The van der Waals surface area contributed by atoms with E-state index in [1.807, 2.05) is 0 Å². The normalized spacial score (nSPS) is 23.0. The molecule has 1 aromatic carbocycles. The number of esters is 1. The molecule has 3 amide bonds. The Hall–Kier alpha value is -3.10. The summed E-state index contributed by atoms with van der Waals surface area (Å²) in [5.74, 6) is -1.27. The monoisotopic (exact) mass is 389 g/mol. The molecule has 1 aromatic rings. The molecule has 28 heavy (non-hydrogen) atoms. The zero-order valence-electron chi connectivity index (χ0n) is 15.5. The molecule has 1 unspecified atom stereocenters. The third-order valence-electron chi connectivity index (χ3n) is 5.11. The van der Waals surface area contributed by atoms with Crippen molar-refractivity contribution in [3.8, 4) is 5.75 Å². The fourth-order valence-corrected chi connectivity index (χ4v) is 4.04. The predicted octanol–water partition coefficient (Wildman–Crippen LogP) is 1.13. The van der Waals surface area contributed by atoms with E-state index in [-0.39, 0.29) is 41.9 Å². The molecule has 9 heteroatoms. The highest BCUT2D eigenvalue weighted by Gasteiger charge is 2.43. The highest BCUT2D eigenvalue weighted by Crippen LogP contribution is 2.35. The number of nitrogens with zero attached hydrogens (tertiary/aromatic N) is 1. The number of piperidine rings is 1. The Labute approximate surface area is 162 Å². The fourth-order valence-electron chi connectivity index (χ4n) is 4.04. The number of fused-ring (bicyclic) bond motifs is 2. The summed E-state index contributed by atoms with van der Waals surface area (Å²) in [6.07, 6.45) is 1.88. The third-order valence-corrected chi connectivity index (χ3v) is 5.11. The number of para-hydroxylation sites is 1. The van der Waals surface area contributed by atoms with Gasteiger partial charge in [0.2, 0.25) is 5.91 Å². The lowest BCUT2D eigenvalue weighted by atomic mass is 9.98. The van der Waals surface area contributed by atoms with E-state index < -0.39 is 18.0 Å². The third kappa shape index (κ3) is 4.41. The number of carboxylic acid groups (broad SMARTS) is 1. The van der Waals surface area contributed by atoms with Crippen LogP contribution in [0.3, 0.4) is 0 Å². The van der Waals surface area contributed by atoms with Crippen LogP contribution < -0.4 is 15.4 Å². The molecule has 3 atom stereocenters. The summed E-state index contributed by atoms with van der Waals surface area (Å²) < 4.78 is 5.00. The van der Waals surface area contributed by atoms with E-state index in [9.17, 15) is 24.3 Å². The average Bonchev–Trinajstić information content (AvgIpc) is 2.91. The van der Waals surface area contributed by atoms with Gasteiger partial charge >= 0.3 is 12.1 Å². The zero-order chi connectivity index (χ0) is 20.3. The maximum absolute atomic E-state index is 12.3. The smallest absolute Gasteiger partial charge is 0.407 e. The Morgan fingerprint density at radius 1 is 1.14 bits per heavy atom. The molecule has 0 spiro atoms. The predicted molar refractivity (Wildman–Crippen MR) is 97.9 cm³/mol. The SMILES string of the molecule is CC(=O)Oc1ccccc1C(=O)NCC(=O)NC1C[C@H]2CC[C@@H](C1)N2C(=O)O. The molecule has 2 heterocycles. The molecule has 0 aliphatic carbocycles. The molecule has 2 bridgehead atoms. The molecule has 0 aromatic heterocycles. The molecule has 2 saturated heterocycles. The summed E-state index contributed by atoms with van der Waals surface area (Å²) in [6.45, 7) is 1.02. The van der Waals surface area contributed by atoms with Crippen molar-refractivity contribution in [3.63, 3.8) is 0 Å². The largest absolute Gasteiger partial charge is 0.465 e.